The molecule has 1 aliphatic carbocycles. The van der Waals surface area contributed by atoms with Crippen molar-refractivity contribution >= 4 is 5.91 Å². The average molecular weight is 286 g/mol. The van der Waals surface area contributed by atoms with Crippen molar-refractivity contribution < 1.29 is 4.79 Å². The summed E-state index contributed by atoms with van der Waals surface area (Å²) in [5.41, 5.74) is 3.20. The van der Waals surface area contributed by atoms with Crippen LogP contribution in [-0.2, 0) is 10.2 Å². The molecule has 1 N–H and O–H groups in total. The molecule has 114 valence electrons. The van der Waals surface area contributed by atoms with E-state index in [-0.39, 0.29) is 11.3 Å². The van der Waals surface area contributed by atoms with E-state index in [2.05, 4.69) is 43.4 Å². The van der Waals surface area contributed by atoms with Gasteiger partial charge in [0.15, 0.2) is 0 Å². The quantitative estimate of drug-likeness (QED) is 0.906. The van der Waals surface area contributed by atoms with Gasteiger partial charge in [0.2, 0.25) is 5.91 Å². The topological polar surface area (TPSA) is 32.3 Å². The largest absolute Gasteiger partial charge is 0.344 e. The Morgan fingerprint density at radius 2 is 2.00 bits per heavy atom. The smallest absolute Gasteiger partial charge is 0.222 e. The Bertz CT molecular complexity index is 538. The molecule has 1 aromatic rings. The van der Waals surface area contributed by atoms with Gasteiger partial charge in [-0.3, -0.25) is 4.79 Å². The summed E-state index contributed by atoms with van der Waals surface area (Å²) in [5, 5.41) is 3.81. The molecule has 1 aromatic carbocycles. The van der Waals surface area contributed by atoms with Crippen LogP contribution in [0.15, 0.2) is 24.3 Å². The number of nitrogens with one attached hydrogen (secondary N) is 1. The second-order valence-electron chi connectivity index (χ2n) is 7.24. The van der Waals surface area contributed by atoms with Crippen LogP contribution in [0.3, 0.4) is 0 Å². The third-order valence-corrected chi connectivity index (χ3v) is 5.19. The van der Waals surface area contributed by atoms with Crippen molar-refractivity contribution in [2.45, 2.75) is 57.0 Å². The van der Waals surface area contributed by atoms with Gasteiger partial charge in [-0.15, -0.1) is 0 Å². The number of hydrogen-bond donors (Lipinski definition) is 1. The van der Waals surface area contributed by atoms with Crippen molar-refractivity contribution in [3.05, 3.63) is 35.4 Å². The zero-order valence-electron chi connectivity index (χ0n) is 13.4. The van der Waals surface area contributed by atoms with E-state index in [1.807, 2.05) is 11.9 Å². The van der Waals surface area contributed by atoms with Crippen molar-refractivity contribution in [1.29, 1.82) is 0 Å². The Labute approximate surface area is 127 Å². The molecule has 3 nitrogen and oxygen atoms in total. The van der Waals surface area contributed by atoms with Crippen molar-refractivity contribution in [2.24, 2.45) is 0 Å². The molecule has 1 amide bonds. The van der Waals surface area contributed by atoms with Crippen LogP contribution in [0, 0.1) is 0 Å². The second kappa shape index (κ2) is 5.45. The fourth-order valence-electron chi connectivity index (χ4n) is 3.82. The van der Waals surface area contributed by atoms with Gasteiger partial charge >= 0.3 is 0 Å². The standard InChI is InChI=1S/C18H26N2O/c1-18(2)11-10-16(14-6-4-5-7-15(14)18)19-13-8-9-17(21)20(3)12-13/h4-7,13,16,19H,8-12H2,1-3H3. The van der Waals surface area contributed by atoms with Gasteiger partial charge < -0.3 is 10.2 Å². The van der Waals surface area contributed by atoms with Crippen molar-refractivity contribution in [2.75, 3.05) is 13.6 Å². The number of hydrogen-bond acceptors (Lipinski definition) is 2. The van der Waals surface area contributed by atoms with Crippen LogP contribution >= 0.6 is 0 Å². The van der Waals surface area contributed by atoms with Gasteiger partial charge in [0.25, 0.3) is 0 Å². The number of piperidine rings is 1. The Morgan fingerprint density at radius 1 is 1.24 bits per heavy atom. The zero-order valence-corrected chi connectivity index (χ0v) is 13.4. The molecular formula is C18H26N2O. The molecule has 1 aliphatic heterocycles. The van der Waals surface area contributed by atoms with E-state index in [1.54, 1.807) is 0 Å². The van der Waals surface area contributed by atoms with Crippen LogP contribution in [0.1, 0.15) is 56.7 Å². The predicted octanol–water partition coefficient (Wildman–Crippen LogP) is 3.01. The lowest BCUT2D eigenvalue weighted by atomic mass is 9.71. The first-order chi connectivity index (χ1) is 9.97. The molecule has 2 unspecified atom stereocenters. The summed E-state index contributed by atoms with van der Waals surface area (Å²) in [5.74, 6) is 0.276. The number of rotatable bonds is 2. The minimum Gasteiger partial charge on any atom is -0.344 e. The number of carbonyl (C=O) groups excluding carboxylic acids is 1. The lowest BCUT2D eigenvalue weighted by molar-refractivity contribution is -0.132. The van der Waals surface area contributed by atoms with Crippen molar-refractivity contribution in [3.63, 3.8) is 0 Å². The molecule has 1 fully saturated rings. The van der Waals surface area contributed by atoms with E-state index < -0.39 is 0 Å². The minimum absolute atomic E-state index is 0.272. The first-order valence-electron chi connectivity index (χ1n) is 8.07. The van der Waals surface area contributed by atoms with Gasteiger partial charge in [0.05, 0.1) is 0 Å². The number of fused-ring (bicyclic) bond motifs is 1. The normalized spacial score (nSPS) is 28.3. The summed E-state index contributed by atoms with van der Waals surface area (Å²) in [7, 11) is 1.91. The molecule has 2 aliphatic rings. The number of likely N-dealkylation sites (tertiary alicyclic amines) is 1. The summed E-state index contributed by atoms with van der Waals surface area (Å²) in [6.45, 7) is 5.52. The van der Waals surface area contributed by atoms with E-state index in [4.69, 9.17) is 0 Å². The number of benzene rings is 1. The highest BCUT2D eigenvalue weighted by Crippen LogP contribution is 2.41. The molecule has 21 heavy (non-hydrogen) atoms. The molecule has 0 radical (unpaired) electrons. The molecule has 0 aromatic heterocycles. The lowest BCUT2D eigenvalue weighted by Crippen LogP contribution is -2.48. The number of likely N-dealkylation sites (N-methyl/N-ethyl adjacent to an activating group) is 1. The Hall–Kier alpha value is -1.35. The second-order valence-corrected chi connectivity index (χ2v) is 7.24. The van der Waals surface area contributed by atoms with Gasteiger partial charge in [-0.1, -0.05) is 38.1 Å². The highest BCUT2D eigenvalue weighted by molar-refractivity contribution is 5.76. The monoisotopic (exact) mass is 286 g/mol. The molecular weight excluding hydrogens is 260 g/mol. The fraction of sp³-hybridized carbons (Fsp3) is 0.611. The third-order valence-electron chi connectivity index (χ3n) is 5.19. The summed E-state index contributed by atoms with van der Waals surface area (Å²) in [4.78, 5) is 13.5. The molecule has 0 spiro atoms. The minimum atomic E-state index is 0.272. The first-order valence-corrected chi connectivity index (χ1v) is 8.07. The molecule has 3 heteroatoms. The van der Waals surface area contributed by atoms with Gasteiger partial charge in [0.1, 0.15) is 0 Å². The number of nitrogens with zero attached hydrogens (tertiary/aromatic N) is 1. The maximum absolute atomic E-state index is 11.6. The maximum Gasteiger partial charge on any atom is 0.222 e. The number of amides is 1. The van der Waals surface area contributed by atoms with Gasteiger partial charge in [-0.25, -0.2) is 0 Å². The van der Waals surface area contributed by atoms with Gasteiger partial charge in [0, 0.05) is 32.1 Å². The highest BCUT2D eigenvalue weighted by atomic mass is 16.2. The van der Waals surface area contributed by atoms with Crippen LogP contribution in [-0.4, -0.2) is 30.4 Å². The highest BCUT2D eigenvalue weighted by Gasteiger charge is 2.34. The maximum atomic E-state index is 11.6. The molecule has 1 saturated heterocycles. The molecule has 0 bridgehead atoms. The molecule has 2 atom stereocenters. The van der Waals surface area contributed by atoms with E-state index >= 15 is 0 Å². The summed E-state index contributed by atoms with van der Waals surface area (Å²) in [6.07, 6.45) is 4.03. The summed E-state index contributed by atoms with van der Waals surface area (Å²) in [6, 6.07) is 9.69. The lowest BCUT2D eigenvalue weighted by Gasteiger charge is -2.40. The Balaban J connectivity index is 1.77. The number of carbonyl (C=O) groups is 1. The summed E-state index contributed by atoms with van der Waals surface area (Å²) < 4.78 is 0. The van der Waals surface area contributed by atoms with Crippen molar-refractivity contribution in [3.8, 4) is 0 Å². The molecule has 3 rings (SSSR count). The van der Waals surface area contributed by atoms with E-state index in [0.29, 0.717) is 18.5 Å². The van der Waals surface area contributed by atoms with E-state index in [0.717, 1.165) is 13.0 Å². The fourth-order valence-corrected chi connectivity index (χ4v) is 3.82. The van der Waals surface area contributed by atoms with E-state index in [9.17, 15) is 4.79 Å². The molecule has 0 saturated carbocycles. The Morgan fingerprint density at radius 3 is 2.76 bits per heavy atom. The van der Waals surface area contributed by atoms with Crippen molar-refractivity contribution in [1.82, 2.24) is 10.2 Å². The van der Waals surface area contributed by atoms with Gasteiger partial charge in [-0.2, -0.15) is 0 Å². The van der Waals surface area contributed by atoms with Gasteiger partial charge in [-0.05, 0) is 35.8 Å². The Kier molecular flexibility index (Phi) is 3.78. The summed E-state index contributed by atoms with van der Waals surface area (Å²) >= 11 is 0. The molecule has 1 heterocycles. The van der Waals surface area contributed by atoms with Crippen LogP contribution < -0.4 is 5.32 Å². The van der Waals surface area contributed by atoms with Crippen LogP contribution in [0.2, 0.25) is 0 Å². The van der Waals surface area contributed by atoms with Crippen LogP contribution in [0.5, 0.6) is 0 Å². The average Bonchev–Trinajstić information content (AvgIpc) is 2.46. The third kappa shape index (κ3) is 2.84. The van der Waals surface area contributed by atoms with Crippen LogP contribution in [0.25, 0.3) is 0 Å². The SMILES string of the molecule is CN1CC(NC2CCC(C)(C)c3ccccc32)CCC1=O. The zero-order chi connectivity index (χ0) is 15.0. The first kappa shape index (κ1) is 14.6. The van der Waals surface area contributed by atoms with Crippen LogP contribution in [0.4, 0.5) is 0 Å². The van der Waals surface area contributed by atoms with E-state index in [1.165, 1.54) is 24.0 Å². The predicted molar refractivity (Wildman–Crippen MR) is 85.2 cm³/mol.